The molecule has 0 bridgehead atoms. The summed E-state index contributed by atoms with van der Waals surface area (Å²) in [4.78, 5) is 0. The van der Waals surface area contributed by atoms with E-state index >= 15 is 0 Å². The maximum absolute atomic E-state index is 2.78. The Morgan fingerprint density at radius 2 is 1.67 bits per heavy atom. The molecule has 3 rings (SSSR count). The van der Waals surface area contributed by atoms with E-state index in [0.717, 1.165) is 0 Å². The second-order valence-corrected chi connectivity index (χ2v) is 4.42. The van der Waals surface area contributed by atoms with Gasteiger partial charge in [-0.15, -0.1) is 0 Å². The molecule has 0 unspecified atom stereocenters. The number of benzene rings is 2. The van der Waals surface area contributed by atoms with Gasteiger partial charge in [-0.2, -0.15) is 0 Å². The molecular formula is C13H10AlN. The fourth-order valence-corrected chi connectivity index (χ4v) is 2.57. The molecular weight excluding hydrogens is 197 g/mol. The van der Waals surface area contributed by atoms with Crippen LogP contribution in [0.5, 0.6) is 0 Å². The zero-order valence-electron chi connectivity index (χ0n) is 8.57. The van der Waals surface area contributed by atoms with E-state index in [0.29, 0.717) is 0 Å². The molecule has 1 aromatic heterocycles. The number of aromatic nitrogens is 1. The fourth-order valence-electron chi connectivity index (χ4n) is 2.12. The maximum atomic E-state index is 2.78. The van der Waals surface area contributed by atoms with Crippen molar-refractivity contribution >= 4 is 38.3 Å². The lowest BCUT2D eigenvalue weighted by Gasteiger charge is -1.99. The van der Waals surface area contributed by atoms with Crippen molar-refractivity contribution in [2.24, 2.45) is 0 Å². The number of para-hydroxylation sites is 1. The van der Waals surface area contributed by atoms with Gasteiger partial charge < -0.3 is 3.55 Å². The Labute approximate surface area is 97.0 Å². The van der Waals surface area contributed by atoms with Crippen LogP contribution in [0.15, 0.2) is 42.5 Å². The Bertz CT molecular complexity index is 652. The molecule has 2 radical (unpaired) electrons. The molecule has 1 heterocycles. The highest BCUT2D eigenvalue weighted by molar-refractivity contribution is 6.21. The van der Waals surface area contributed by atoms with Gasteiger partial charge in [-0.3, -0.25) is 0 Å². The molecule has 2 aromatic carbocycles. The normalized spacial score (nSPS) is 11.3. The smallest absolute Gasteiger partial charge is 0.318 e. The fraction of sp³-hybridized carbons (Fsp3) is 0.0769. The van der Waals surface area contributed by atoms with Crippen LogP contribution in [-0.4, -0.2) is 20.1 Å². The zero-order valence-corrected chi connectivity index (χ0v) is 9.72. The molecule has 0 spiro atoms. The molecule has 0 N–H and O–H groups in total. The predicted octanol–water partition coefficient (Wildman–Crippen LogP) is 3.03. The first-order chi connectivity index (χ1) is 7.27. The van der Waals surface area contributed by atoms with Crippen LogP contribution in [0.3, 0.4) is 0 Å². The number of fused-ring (bicyclic) bond motifs is 3. The molecule has 0 aliphatic rings. The molecule has 1 nitrogen and oxygen atoms in total. The van der Waals surface area contributed by atoms with Gasteiger partial charge in [0.15, 0.2) is 0 Å². The van der Waals surface area contributed by atoms with Crippen LogP contribution >= 0.6 is 0 Å². The summed E-state index contributed by atoms with van der Waals surface area (Å²) >= 11 is 2.78. The first-order valence-corrected chi connectivity index (χ1v) is 5.54. The molecule has 0 saturated carbocycles. The van der Waals surface area contributed by atoms with Gasteiger partial charge in [0, 0.05) is 21.8 Å². The summed E-state index contributed by atoms with van der Waals surface area (Å²) in [6.45, 7) is 2.13. The largest absolute Gasteiger partial charge is 0.452 e. The molecule has 0 aliphatic carbocycles. The van der Waals surface area contributed by atoms with Crippen molar-refractivity contribution < 1.29 is 0 Å². The van der Waals surface area contributed by atoms with Gasteiger partial charge in [0.05, 0.1) is 0 Å². The Morgan fingerprint density at radius 3 is 2.53 bits per heavy atom. The number of aryl methyl sites for hydroxylation is 1. The third-order valence-electron chi connectivity index (χ3n) is 2.87. The Balaban J connectivity index is 2.64. The Kier molecular flexibility index (Phi) is 1.89. The van der Waals surface area contributed by atoms with E-state index < -0.39 is 0 Å². The van der Waals surface area contributed by atoms with E-state index in [1.807, 2.05) is 0 Å². The average molecular weight is 207 g/mol. The van der Waals surface area contributed by atoms with Crippen LogP contribution in [0.1, 0.15) is 5.56 Å². The van der Waals surface area contributed by atoms with Crippen LogP contribution in [0.2, 0.25) is 0 Å². The van der Waals surface area contributed by atoms with Crippen molar-refractivity contribution in [3.8, 4) is 0 Å². The molecule has 15 heavy (non-hydrogen) atoms. The SMILES string of the molecule is Cc1ccc2c(c1)c1ccccc1[n]2[Al]. The van der Waals surface area contributed by atoms with Crippen LogP contribution < -0.4 is 0 Å². The summed E-state index contributed by atoms with van der Waals surface area (Å²) in [5.41, 5.74) is 3.85. The standard InChI is InChI=1S/C13H10N.Al/c1-9-6-7-13-11(8-9)10-4-2-3-5-12(10)14-13;/h2-8H,1H3;/q-1;+1. The van der Waals surface area contributed by atoms with Crippen molar-refractivity contribution in [3.05, 3.63) is 48.0 Å². The maximum Gasteiger partial charge on any atom is 0.318 e. The monoisotopic (exact) mass is 207 g/mol. The molecule has 0 fully saturated rings. The van der Waals surface area contributed by atoms with Gasteiger partial charge in [-0.25, -0.2) is 0 Å². The van der Waals surface area contributed by atoms with Crippen LogP contribution in [0.4, 0.5) is 0 Å². The molecule has 0 atom stereocenters. The summed E-state index contributed by atoms with van der Waals surface area (Å²) in [6, 6.07) is 15.1. The van der Waals surface area contributed by atoms with Gasteiger partial charge >= 0.3 is 16.5 Å². The van der Waals surface area contributed by atoms with Crippen molar-refractivity contribution in [2.45, 2.75) is 6.92 Å². The zero-order chi connectivity index (χ0) is 10.4. The second kappa shape index (κ2) is 3.13. The molecule has 0 saturated heterocycles. The van der Waals surface area contributed by atoms with Crippen molar-refractivity contribution in [2.75, 3.05) is 0 Å². The van der Waals surface area contributed by atoms with E-state index in [9.17, 15) is 0 Å². The molecule has 0 amide bonds. The van der Waals surface area contributed by atoms with Crippen LogP contribution in [-0.2, 0) is 0 Å². The Morgan fingerprint density at radius 1 is 0.933 bits per heavy atom. The third-order valence-corrected chi connectivity index (χ3v) is 3.42. The highest BCUT2D eigenvalue weighted by Gasteiger charge is 2.05. The summed E-state index contributed by atoms with van der Waals surface area (Å²) in [5, 5.41) is 2.66. The highest BCUT2D eigenvalue weighted by atomic mass is 27.1. The van der Waals surface area contributed by atoms with E-state index in [1.165, 1.54) is 27.4 Å². The molecule has 70 valence electrons. The number of nitrogens with zero attached hydrogens (tertiary/aromatic N) is 1. The number of hydrogen-bond donors (Lipinski definition) is 0. The first-order valence-electron chi connectivity index (χ1n) is 5.02. The lowest BCUT2D eigenvalue weighted by Crippen LogP contribution is -1.89. The minimum atomic E-state index is 1.27. The number of hydrogen-bond acceptors (Lipinski definition) is 0. The topological polar surface area (TPSA) is 4.93 Å². The van der Waals surface area contributed by atoms with E-state index in [1.54, 1.807) is 0 Å². The minimum Gasteiger partial charge on any atom is -0.452 e. The predicted molar refractivity (Wildman–Crippen MR) is 65.3 cm³/mol. The molecule has 0 aliphatic heterocycles. The van der Waals surface area contributed by atoms with Crippen LogP contribution in [0.25, 0.3) is 21.8 Å². The summed E-state index contributed by atoms with van der Waals surface area (Å²) in [6.07, 6.45) is 0. The van der Waals surface area contributed by atoms with Gasteiger partial charge in [0.1, 0.15) is 0 Å². The molecule has 3 aromatic rings. The number of rotatable bonds is 0. The van der Waals surface area contributed by atoms with Gasteiger partial charge in [0.25, 0.3) is 0 Å². The third kappa shape index (κ3) is 1.23. The lowest BCUT2D eigenvalue weighted by molar-refractivity contribution is 1.38. The molecule has 2 heteroatoms. The average Bonchev–Trinajstić information content (AvgIpc) is 2.54. The Hall–Kier alpha value is -1.23. The van der Waals surface area contributed by atoms with Crippen molar-refractivity contribution in [3.63, 3.8) is 0 Å². The van der Waals surface area contributed by atoms with E-state index in [-0.39, 0.29) is 0 Å². The first kappa shape index (κ1) is 9.03. The van der Waals surface area contributed by atoms with Gasteiger partial charge in [-0.05, 0) is 25.1 Å². The lowest BCUT2D eigenvalue weighted by atomic mass is 10.1. The summed E-state index contributed by atoms with van der Waals surface area (Å²) < 4.78 is 2.17. The summed E-state index contributed by atoms with van der Waals surface area (Å²) in [7, 11) is 0. The highest BCUT2D eigenvalue weighted by Crippen LogP contribution is 2.27. The van der Waals surface area contributed by atoms with Gasteiger partial charge in [0.2, 0.25) is 0 Å². The van der Waals surface area contributed by atoms with Crippen molar-refractivity contribution in [1.82, 2.24) is 3.55 Å². The van der Waals surface area contributed by atoms with E-state index in [2.05, 4.69) is 69.4 Å². The minimum absolute atomic E-state index is 1.27. The van der Waals surface area contributed by atoms with Crippen molar-refractivity contribution in [1.29, 1.82) is 0 Å². The van der Waals surface area contributed by atoms with E-state index in [4.69, 9.17) is 0 Å². The second-order valence-electron chi connectivity index (χ2n) is 3.91. The summed E-state index contributed by atoms with van der Waals surface area (Å²) in [5.74, 6) is 0. The quantitative estimate of drug-likeness (QED) is 0.499. The van der Waals surface area contributed by atoms with Crippen LogP contribution in [0, 0.1) is 6.92 Å². The van der Waals surface area contributed by atoms with Gasteiger partial charge in [-0.1, -0.05) is 29.8 Å².